The van der Waals surface area contributed by atoms with Gasteiger partial charge < -0.3 is 10.4 Å². The molecule has 2 N–H and O–H groups in total. The van der Waals surface area contributed by atoms with Crippen molar-refractivity contribution < 1.29 is 14.7 Å². The second kappa shape index (κ2) is 6.00. The van der Waals surface area contributed by atoms with E-state index in [1.807, 2.05) is 19.1 Å². The molecule has 0 fully saturated rings. The van der Waals surface area contributed by atoms with Crippen molar-refractivity contribution in [1.82, 2.24) is 5.32 Å². The Balaban J connectivity index is 2.71. The van der Waals surface area contributed by atoms with Crippen LogP contribution in [0.5, 0.6) is 0 Å². The lowest BCUT2D eigenvalue weighted by atomic mass is 10.1. The average molecular weight is 347 g/mol. The molecule has 1 aromatic carbocycles. The van der Waals surface area contributed by atoms with E-state index in [9.17, 15) is 9.59 Å². The predicted octanol–water partition coefficient (Wildman–Crippen LogP) is 2.05. The summed E-state index contributed by atoms with van der Waals surface area (Å²) >= 11 is 2.11. The van der Waals surface area contributed by atoms with Crippen LogP contribution in [0.3, 0.4) is 0 Å². The molecule has 1 atom stereocenters. The van der Waals surface area contributed by atoms with Crippen LogP contribution in [0, 0.1) is 16.4 Å². The highest BCUT2D eigenvalue weighted by atomic mass is 127. The normalized spacial score (nSPS) is 11.9. The van der Waals surface area contributed by atoms with Crippen molar-refractivity contribution in [3.63, 3.8) is 0 Å². The van der Waals surface area contributed by atoms with Gasteiger partial charge in [0, 0.05) is 10.1 Å². The van der Waals surface area contributed by atoms with E-state index >= 15 is 0 Å². The molecule has 0 aliphatic heterocycles. The molecule has 4 nitrogen and oxygen atoms in total. The van der Waals surface area contributed by atoms with Gasteiger partial charge in [-0.3, -0.25) is 9.59 Å². The van der Waals surface area contributed by atoms with Crippen LogP contribution in [0.25, 0.3) is 0 Å². The molecule has 0 spiro atoms. The molecular weight excluding hydrogens is 333 g/mol. The van der Waals surface area contributed by atoms with Gasteiger partial charge in [-0.1, -0.05) is 19.1 Å². The predicted molar refractivity (Wildman–Crippen MR) is 73.0 cm³/mol. The lowest BCUT2D eigenvalue weighted by Gasteiger charge is -2.10. The molecular formula is C12H14INO3. The Morgan fingerprint density at radius 2 is 2.12 bits per heavy atom. The number of carboxylic acid groups (broad SMARTS) is 1. The molecule has 0 saturated carbocycles. The number of carboxylic acids is 1. The first-order valence-electron chi connectivity index (χ1n) is 5.19. The van der Waals surface area contributed by atoms with E-state index < -0.39 is 11.9 Å². The third kappa shape index (κ3) is 3.69. The fraction of sp³-hybridized carbons (Fsp3) is 0.333. The second-order valence-corrected chi connectivity index (χ2v) is 4.96. The monoisotopic (exact) mass is 347 g/mol. The minimum Gasteiger partial charge on any atom is -0.481 e. The number of benzene rings is 1. The number of nitrogens with one attached hydrogen (secondary N) is 1. The number of halogens is 1. The Kier molecular flexibility index (Phi) is 4.92. The Morgan fingerprint density at radius 3 is 2.71 bits per heavy atom. The maximum atomic E-state index is 11.8. The quantitative estimate of drug-likeness (QED) is 0.820. The summed E-state index contributed by atoms with van der Waals surface area (Å²) in [6.45, 7) is 3.63. The SMILES string of the molecule is Cc1cccc(C(=O)NCC(C)C(=O)O)c1I. The van der Waals surface area contributed by atoms with Gasteiger partial charge >= 0.3 is 5.97 Å². The summed E-state index contributed by atoms with van der Waals surface area (Å²) in [5.41, 5.74) is 1.62. The summed E-state index contributed by atoms with van der Waals surface area (Å²) < 4.78 is 0.894. The molecule has 1 amide bonds. The van der Waals surface area contributed by atoms with Crippen LogP contribution in [-0.2, 0) is 4.79 Å². The van der Waals surface area contributed by atoms with Crippen molar-refractivity contribution in [2.75, 3.05) is 6.54 Å². The van der Waals surface area contributed by atoms with Gasteiger partial charge in [0.05, 0.1) is 11.5 Å². The second-order valence-electron chi connectivity index (χ2n) is 3.89. The zero-order chi connectivity index (χ0) is 13.0. The largest absolute Gasteiger partial charge is 0.481 e. The minimum atomic E-state index is -0.913. The smallest absolute Gasteiger partial charge is 0.308 e. The van der Waals surface area contributed by atoms with Gasteiger partial charge in [-0.05, 0) is 41.1 Å². The number of rotatable bonds is 4. The molecule has 5 heteroatoms. The molecule has 0 aliphatic carbocycles. The third-order valence-electron chi connectivity index (χ3n) is 2.43. The maximum absolute atomic E-state index is 11.8. The summed E-state index contributed by atoms with van der Waals surface area (Å²) in [4.78, 5) is 22.5. The van der Waals surface area contributed by atoms with Crippen molar-refractivity contribution in [1.29, 1.82) is 0 Å². The third-order valence-corrected chi connectivity index (χ3v) is 3.86. The van der Waals surface area contributed by atoms with Crippen molar-refractivity contribution in [3.05, 3.63) is 32.9 Å². The van der Waals surface area contributed by atoms with Gasteiger partial charge in [-0.25, -0.2) is 0 Å². The van der Waals surface area contributed by atoms with E-state index in [0.29, 0.717) is 5.56 Å². The van der Waals surface area contributed by atoms with E-state index in [1.165, 1.54) is 0 Å². The Hall–Kier alpha value is -1.11. The minimum absolute atomic E-state index is 0.137. The van der Waals surface area contributed by atoms with E-state index in [2.05, 4.69) is 27.9 Å². The zero-order valence-corrected chi connectivity index (χ0v) is 11.8. The topological polar surface area (TPSA) is 66.4 Å². The summed E-state index contributed by atoms with van der Waals surface area (Å²) in [5.74, 6) is -1.73. The highest BCUT2D eigenvalue weighted by molar-refractivity contribution is 14.1. The molecule has 0 bridgehead atoms. The standard InChI is InChI=1S/C12H14INO3/c1-7-4-3-5-9(10(7)13)11(15)14-6-8(2)12(16)17/h3-5,8H,6H2,1-2H3,(H,14,15)(H,16,17). The summed E-state index contributed by atoms with van der Waals surface area (Å²) in [5, 5.41) is 11.3. The van der Waals surface area contributed by atoms with E-state index in [-0.39, 0.29) is 12.5 Å². The lowest BCUT2D eigenvalue weighted by Crippen LogP contribution is -2.31. The van der Waals surface area contributed by atoms with Crippen LogP contribution >= 0.6 is 22.6 Å². The first kappa shape index (κ1) is 14.0. The average Bonchev–Trinajstić information content (AvgIpc) is 2.29. The van der Waals surface area contributed by atoms with Gasteiger partial charge in [0.1, 0.15) is 0 Å². The van der Waals surface area contributed by atoms with Gasteiger partial charge in [0.2, 0.25) is 0 Å². The van der Waals surface area contributed by atoms with Crippen LogP contribution < -0.4 is 5.32 Å². The summed E-state index contributed by atoms with van der Waals surface area (Å²) in [6.07, 6.45) is 0. The molecule has 0 radical (unpaired) electrons. The number of carbonyl (C=O) groups excluding carboxylic acids is 1. The van der Waals surface area contributed by atoms with Crippen LogP contribution in [0.2, 0.25) is 0 Å². The van der Waals surface area contributed by atoms with E-state index in [1.54, 1.807) is 13.0 Å². The first-order valence-corrected chi connectivity index (χ1v) is 6.27. The van der Waals surface area contributed by atoms with Crippen LogP contribution in [0.15, 0.2) is 18.2 Å². The maximum Gasteiger partial charge on any atom is 0.308 e. The van der Waals surface area contributed by atoms with Gasteiger partial charge in [-0.15, -0.1) is 0 Å². The molecule has 1 rings (SSSR count). The number of aliphatic carboxylic acids is 1. The van der Waals surface area contributed by atoms with E-state index in [4.69, 9.17) is 5.11 Å². The Morgan fingerprint density at radius 1 is 1.47 bits per heavy atom. The number of carbonyl (C=O) groups is 2. The molecule has 0 aliphatic rings. The fourth-order valence-corrected chi connectivity index (χ4v) is 1.86. The molecule has 92 valence electrons. The number of amides is 1. The zero-order valence-electron chi connectivity index (χ0n) is 9.66. The molecule has 17 heavy (non-hydrogen) atoms. The Bertz CT molecular complexity index is 445. The van der Waals surface area contributed by atoms with Crippen LogP contribution in [0.4, 0.5) is 0 Å². The van der Waals surface area contributed by atoms with Crippen molar-refractivity contribution in [2.45, 2.75) is 13.8 Å². The number of aryl methyl sites for hydroxylation is 1. The fourth-order valence-electron chi connectivity index (χ4n) is 1.25. The van der Waals surface area contributed by atoms with Crippen molar-refractivity contribution >= 4 is 34.5 Å². The molecule has 0 saturated heterocycles. The molecule has 1 unspecified atom stereocenters. The first-order chi connectivity index (χ1) is 7.93. The summed E-state index contributed by atoms with van der Waals surface area (Å²) in [6, 6.07) is 5.47. The Labute approximate surface area is 114 Å². The van der Waals surface area contributed by atoms with Gasteiger partial charge in [-0.2, -0.15) is 0 Å². The summed E-state index contributed by atoms with van der Waals surface area (Å²) in [7, 11) is 0. The van der Waals surface area contributed by atoms with Crippen LogP contribution in [-0.4, -0.2) is 23.5 Å². The highest BCUT2D eigenvalue weighted by Crippen LogP contribution is 2.16. The van der Waals surface area contributed by atoms with Crippen molar-refractivity contribution in [2.24, 2.45) is 5.92 Å². The molecule has 1 aromatic rings. The van der Waals surface area contributed by atoms with Gasteiger partial charge in [0.25, 0.3) is 5.91 Å². The van der Waals surface area contributed by atoms with E-state index in [0.717, 1.165) is 9.13 Å². The molecule has 0 aromatic heterocycles. The highest BCUT2D eigenvalue weighted by Gasteiger charge is 2.15. The van der Waals surface area contributed by atoms with Gasteiger partial charge in [0.15, 0.2) is 0 Å². The number of hydrogen-bond donors (Lipinski definition) is 2. The van der Waals surface area contributed by atoms with Crippen LogP contribution in [0.1, 0.15) is 22.8 Å². The lowest BCUT2D eigenvalue weighted by molar-refractivity contribution is -0.140. The van der Waals surface area contributed by atoms with Crippen molar-refractivity contribution in [3.8, 4) is 0 Å². The number of hydrogen-bond acceptors (Lipinski definition) is 2. The molecule has 0 heterocycles.